The van der Waals surface area contributed by atoms with Gasteiger partial charge in [-0.05, 0) is 12.1 Å². The minimum atomic E-state index is 0.819. The number of hydrogen-bond acceptors (Lipinski definition) is 3. The molecule has 0 amide bonds. The summed E-state index contributed by atoms with van der Waals surface area (Å²) in [6.07, 6.45) is 0. The van der Waals surface area contributed by atoms with Crippen LogP contribution in [0.3, 0.4) is 0 Å². The predicted octanol–water partition coefficient (Wildman–Crippen LogP) is 0.954. The summed E-state index contributed by atoms with van der Waals surface area (Å²) in [5.74, 6) is 0. The molecule has 0 bridgehead atoms. The highest BCUT2D eigenvalue weighted by molar-refractivity contribution is 5.65. The van der Waals surface area contributed by atoms with Crippen molar-refractivity contribution in [2.75, 3.05) is 30.8 Å². The van der Waals surface area contributed by atoms with Crippen LogP contribution in [0.5, 0.6) is 0 Å². The third kappa shape index (κ3) is 1.68. The fourth-order valence-corrected chi connectivity index (χ4v) is 1.08. The number of hydrogen-bond donors (Lipinski definition) is 2. The van der Waals surface area contributed by atoms with Gasteiger partial charge < -0.3 is 11.1 Å². The molecule has 3 nitrogen and oxygen atoms in total. The van der Waals surface area contributed by atoms with Crippen LogP contribution in [0.1, 0.15) is 0 Å². The van der Waals surface area contributed by atoms with Crippen LogP contribution < -0.4 is 11.1 Å². The monoisotopic (exact) mass is 163 g/mol. The summed E-state index contributed by atoms with van der Waals surface area (Å²) >= 11 is 0. The van der Waals surface area contributed by atoms with E-state index in [1.54, 1.807) is 0 Å². The summed E-state index contributed by atoms with van der Waals surface area (Å²) < 4.78 is 0. The zero-order valence-corrected chi connectivity index (χ0v) is 6.96. The number of nitrogens with one attached hydrogen (secondary N) is 1. The quantitative estimate of drug-likeness (QED) is 0.515. The van der Waals surface area contributed by atoms with E-state index in [-0.39, 0.29) is 0 Å². The molecule has 0 aliphatic carbocycles. The number of nitrogens with zero attached hydrogens (tertiary/aromatic N) is 1. The smallest absolute Gasteiger partial charge is 0.0679 e. The molecule has 1 fully saturated rings. The zero-order valence-electron chi connectivity index (χ0n) is 6.96. The third-order valence-electron chi connectivity index (χ3n) is 1.99. The Morgan fingerprint density at radius 1 is 1.33 bits per heavy atom. The van der Waals surface area contributed by atoms with Crippen molar-refractivity contribution in [1.82, 2.24) is 4.90 Å². The Hall–Kier alpha value is -1.22. The van der Waals surface area contributed by atoms with Crippen molar-refractivity contribution in [3.63, 3.8) is 0 Å². The van der Waals surface area contributed by atoms with Gasteiger partial charge in [0.05, 0.1) is 18.0 Å². The third-order valence-corrected chi connectivity index (χ3v) is 1.99. The van der Waals surface area contributed by atoms with E-state index in [1.807, 2.05) is 24.3 Å². The molecule has 0 saturated carbocycles. The normalized spacial score (nSPS) is 16.0. The molecular formula is C9H13N3. The summed E-state index contributed by atoms with van der Waals surface area (Å²) in [6.45, 7) is 3.33. The van der Waals surface area contributed by atoms with Crippen molar-refractivity contribution < 1.29 is 0 Å². The number of rotatable bonds is 3. The first-order valence-electron chi connectivity index (χ1n) is 4.17. The van der Waals surface area contributed by atoms with Crippen molar-refractivity contribution >= 4 is 11.4 Å². The van der Waals surface area contributed by atoms with E-state index >= 15 is 0 Å². The van der Waals surface area contributed by atoms with Gasteiger partial charge in [-0.3, -0.25) is 4.90 Å². The molecule has 0 spiro atoms. The Balaban J connectivity index is 1.96. The van der Waals surface area contributed by atoms with Crippen LogP contribution in [0.2, 0.25) is 0 Å². The molecule has 1 heterocycles. The van der Waals surface area contributed by atoms with E-state index in [1.165, 1.54) is 13.1 Å². The standard InChI is InChI=1S/C9H13N3/c10-8-3-1-2-4-9(8)11-7-12-5-6-12/h1-4,11H,5-7,10H2. The molecule has 3 N–H and O–H groups in total. The highest BCUT2D eigenvalue weighted by atomic mass is 15.3. The van der Waals surface area contributed by atoms with Crippen molar-refractivity contribution in [3.8, 4) is 0 Å². The van der Waals surface area contributed by atoms with Gasteiger partial charge in [0.25, 0.3) is 0 Å². The van der Waals surface area contributed by atoms with Crippen LogP contribution >= 0.6 is 0 Å². The Morgan fingerprint density at radius 2 is 2.08 bits per heavy atom. The van der Waals surface area contributed by atoms with Gasteiger partial charge in [0.15, 0.2) is 0 Å². The zero-order chi connectivity index (χ0) is 8.39. The van der Waals surface area contributed by atoms with Crippen LogP contribution in [0.15, 0.2) is 24.3 Å². The fraction of sp³-hybridized carbons (Fsp3) is 0.333. The molecule has 0 unspecified atom stereocenters. The number of para-hydroxylation sites is 2. The number of benzene rings is 1. The maximum Gasteiger partial charge on any atom is 0.0679 e. The minimum absolute atomic E-state index is 0.819. The second-order valence-corrected chi connectivity index (χ2v) is 3.04. The summed E-state index contributed by atoms with van der Waals surface area (Å²) in [7, 11) is 0. The van der Waals surface area contributed by atoms with Crippen LogP contribution in [-0.2, 0) is 0 Å². The van der Waals surface area contributed by atoms with Gasteiger partial charge >= 0.3 is 0 Å². The number of nitrogen functional groups attached to an aromatic ring is 1. The highest BCUT2D eigenvalue weighted by Gasteiger charge is 2.15. The topological polar surface area (TPSA) is 41.1 Å². The average Bonchev–Trinajstić information content (AvgIpc) is 2.86. The van der Waals surface area contributed by atoms with Crippen molar-refractivity contribution in [2.24, 2.45) is 0 Å². The SMILES string of the molecule is Nc1ccccc1NCN1CC1. The second kappa shape index (κ2) is 3.03. The van der Waals surface area contributed by atoms with Crippen molar-refractivity contribution in [1.29, 1.82) is 0 Å². The van der Waals surface area contributed by atoms with Crippen LogP contribution in [0.25, 0.3) is 0 Å². The molecule has 1 aromatic rings. The van der Waals surface area contributed by atoms with E-state index in [0.29, 0.717) is 0 Å². The van der Waals surface area contributed by atoms with Gasteiger partial charge in [0, 0.05) is 13.1 Å². The van der Waals surface area contributed by atoms with Crippen LogP contribution in [-0.4, -0.2) is 24.7 Å². The fourth-order valence-electron chi connectivity index (χ4n) is 1.08. The first-order valence-corrected chi connectivity index (χ1v) is 4.17. The van der Waals surface area contributed by atoms with Gasteiger partial charge in [-0.1, -0.05) is 12.1 Å². The molecule has 1 aromatic carbocycles. The molecule has 3 heteroatoms. The summed E-state index contributed by atoms with van der Waals surface area (Å²) in [6, 6.07) is 7.84. The lowest BCUT2D eigenvalue weighted by Crippen LogP contribution is -2.11. The molecule has 64 valence electrons. The van der Waals surface area contributed by atoms with E-state index in [2.05, 4.69) is 10.2 Å². The van der Waals surface area contributed by atoms with E-state index in [4.69, 9.17) is 5.73 Å². The lowest BCUT2D eigenvalue weighted by atomic mass is 10.3. The molecule has 1 saturated heterocycles. The molecule has 1 aliphatic heterocycles. The van der Waals surface area contributed by atoms with E-state index < -0.39 is 0 Å². The number of anilines is 2. The van der Waals surface area contributed by atoms with Gasteiger partial charge in [-0.15, -0.1) is 0 Å². The Kier molecular flexibility index (Phi) is 1.87. The maximum absolute atomic E-state index is 5.75. The van der Waals surface area contributed by atoms with Crippen molar-refractivity contribution in [3.05, 3.63) is 24.3 Å². The predicted molar refractivity (Wildman–Crippen MR) is 50.9 cm³/mol. The molecule has 1 aliphatic rings. The first-order chi connectivity index (χ1) is 5.86. The van der Waals surface area contributed by atoms with Gasteiger partial charge in [0.2, 0.25) is 0 Å². The van der Waals surface area contributed by atoms with E-state index in [0.717, 1.165) is 18.0 Å². The van der Waals surface area contributed by atoms with Gasteiger partial charge in [0.1, 0.15) is 0 Å². The Bertz CT molecular complexity index is 268. The summed E-state index contributed by atoms with van der Waals surface area (Å²) in [5, 5.41) is 3.28. The van der Waals surface area contributed by atoms with Crippen LogP contribution in [0, 0.1) is 0 Å². The summed E-state index contributed by atoms with van der Waals surface area (Å²) in [5.41, 5.74) is 7.60. The largest absolute Gasteiger partial charge is 0.397 e. The lowest BCUT2D eigenvalue weighted by Gasteiger charge is -2.08. The molecule has 0 radical (unpaired) electrons. The van der Waals surface area contributed by atoms with E-state index in [9.17, 15) is 0 Å². The summed E-state index contributed by atoms with van der Waals surface area (Å²) in [4.78, 5) is 2.30. The lowest BCUT2D eigenvalue weighted by molar-refractivity contribution is 0.604. The van der Waals surface area contributed by atoms with Gasteiger partial charge in [-0.25, -0.2) is 0 Å². The molecular weight excluding hydrogens is 150 g/mol. The first kappa shape index (κ1) is 7.43. The number of nitrogens with two attached hydrogens (primary N) is 1. The Morgan fingerprint density at radius 3 is 2.75 bits per heavy atom. The van der Waals surface area contributed by atoms with Crippen LogP contribution in [0.4, 0.5) is 11.4 Å². The molecule has 2 rings (SSSR count). The minimum Gasteiger partial charge on any atom is -0.397 e. The van der Waals surface area contributed by atoms with Crippen molar-refractivity contribution in [2.45, 2.75) is 0 Å². The second-order valence-electron chi connectivity index (χ2n) is 3.04. The molecule has 0 atom stereocenters. The molecule has 12 heavy (non-hydrogen) atoms. The average molecular weight is 163 g/mol. The Labute approximate surface area is 72.2 Å². The highest BCUT2D eigenvalue weighted by Crippen LogP contribution is 2.17. The maximum atomic E-state index is 5.75. The molecule has 0 aromatic heterocycles. The van der Waals surface area contributed by atoms with Gasteiger partial charge in [-0.2, -0.15) is 0 Å².